The molecule has 0 aliphatic carbocycles. The van der Waals surface area contributed by atoms with Crippen LogP contribution in [0, 0.1) is 5.82 Å². The van der Waals surface area contributed by atoms with Gasteiger partial charge < -0.3 is 4.74 Å². The first-order valence-corrected chi connectivity index (χ1v) is 6.35. The van der Waals surface area contributed by atoms with Gasteiger partial charge in [-0.05, 0) is 23.8 Å². The monoisotopic (exact) mass is 325 g/mol. The normalized spacial score (nSPS) is 12.2. The molecule has 1 atom stereocenters. The van der Waals surface area contributed by atoms with Crippen molar-refractivity contribution in [2.45, 2.75) is 6.04 Å². The van der Waals surface area contributed by atoms with E-state index in [-0.39, 0.29) is 0 Å². The minimum Gasteiger partial charge on any atom is -0.496 e. The summed E-state index contributed by atoms with van der Waals surface area (Å²) in [5, 5.41) is 0. The Hall–Kier alpha value is -1.50. The lowest BCUT2D eigenvalue weighted by molar-refractivity contribution is 0.404. The van der Waals surface area contributed by atoms with Crippen molar-refractivity contribution in [1.82, 2.24) is 10.4 Å². The number of pyridine rings is 1. The number of hydrogen-bond donors (Lipinski definition) is 2. The molecule has 0 saturated heterocycles. The summed E-state index contributed by atoms with van der Waals surface area (Å²) in [4.78, 5) is 3.83. The molecule has 1 heterocycles. The minimum absolute atomic E-state index is 0.397. The number of benzene rings is 1. The van der Waals surface area contributed by atoms with E-state index in [9.17, 15) is 4.39 Å². The second kappa shape index (κ2) is 6.10. The molecule has 100 valence electrons. The standard InChI is InChI=1S/C13H13BrFN3O/c1-19-12-5-9(14)2-3-11(12)13(18-16)8-4-10(15)7-17-6-8/h2-7,13,18H,16H2,1H3. The van der Waals surface area contributed by atoms with Crippen LogP contribution in [0.5, 0.6) is 5.75 Å². The van der Waals surface area contributed by atoms with Crippen molar-refractivity contribution in [2.24, 2.45) is 5.84 Å². The Balaban J connectivity index is 2.48. The lowest BCUT2D eigenvalue weighted by atomic mass is 10.00. The Morgan fingerprint density at radius 1 is 1.37 bits per heavy atom. The predicted molar refractivity (Wildman–Crippen MR) is 74.1 cm³/mol. The molecule has 0 spiro atoms. The molecule has 0 bridgehead atoms. The number of methoxy groups -OCH3 is 1. The second-order valence-corrected chi connectivity index (χ2v) is 4.84. The second-order valence-electron chi connectivity index (χ2n) is 3.92. The van der Waals surface area contributed by atoms with Gasteiger partial charge in [-0.15, -0.1) is 0 Å². The molecule has 6 heteroatoms. The Kier molecular flexibility index (Phi) is 4.47. The van der Waals surface area contributed by atoms with Crippen molar-refractivity contribution in [3.8, 4) is 5.75 Å². The maximum Gasteiger partial charge on any atom is 0.141 e. The largest absolute Gasteiger partial charge is 0.496 e. The molecule has 2 aromatic rings. The van der Waals surface area contributed by atoms with Gasteiger partial charge in [0.2, 0.25) is 0 Å². The molecule has 0 aliphatic heterocycles. The van der Waals surface area contributed by atoms with E-state index in [0.29, 0.717) is 11.3 Å². The van der Waals surface area contributed by atoms with Gasteiger partial charge >= 0.3 is 0 Å². The molecule has 0 fully saturated rings. The third kappa shape index (κ3) is 3.09. The van der Waals surface area contributed by atoms with Crippen molar-refractivity contribution in [3.05, 3.63) is 58.1 Å². The van der Waals surface area contributed by atoms with Crippen LogP contribution < -0.4 is 16.0 Å². The molecule has 0 aliphatic rings. The maximum absolute atomic E-state index is 13.3. The number of halogens is 2. The molecule has 1 aromatic heterocycles. The average Bonchev–Trinajstić information content (AvgIpc) is 2.41. The highest BCUT2D eigenvalue weighted by Crippen LogP contribution is 2.31. The van der Waals surface area contributed by atoms with E-state index in [1.807, 2.05) is 18.2 Å². The van der Waals surface area contributed by atoms with Crippen LogP contribution in [0.4, 0.5) is 4.39 Å². The Morgan fingerprint density at radius 3 is 2.79 bits per heavy atom. The Morgan fingerprint density at radius 2 is 2.16 bits per heavy atom. The van der Waals surface area contributed by atoms with Crippen LogP contribution in [0.1, 0.15) is 17.2 Å². The number of aromatic nitrogens is 1. The van der Waals surface area contributed by atoms with Crippen molar-refractivity contribution >= 4 is 15.9 Å². The van der Waals surface area contributed by atoms with Crippen molar-refractivity contribution in [3.63, 3.8) is 0 Å². The van der Waals surface area contributed by atoms with Crippen LogP contribution in [0.2, 0.25) is 0 Å². The highest BCUT2D eigenvalue weighted by Gasteiger charge is 2.18. The first kappa shape index (κ1) is 13.9. The SMILES string of the molecule is COc1cc(Br)ccc1C(NN)c1cncc(F)c1. The molecule has 4 nitrogen and oxygen atoms in total. The summed E-state index contributed by atoms with van der Waals surface area (Å²) in [6, 6.07) is 6.55. The fraction of sp³-hybridized carbons (Fsp3) is 0.154. The summed E-state index contributed by atoms with van der Waals surface area (Å²) in [7, 11) is 1.57. The summed E-state index contributed by atoms with van der Waals surface area (Å²) in [5.74, 6) is 5.83. The molecule has 19 heavy (non-hydrogen) atoms. The average molecular weight is 326 g/mol. The molecular weight excluding hydrogens is 313 g/mol. The molecule has 3 N–H and O–H groups in total. The first-order valence-electron chi connectivity index (χ1n) is 5.55. The van der Waals surface area contributed by atoms with Gasteiger partial charge in [-0.2, -0.15) is 0 Å². The molecule has 0 radical (unpaired) electrons. The summed E-state index contributed by atoms with van der Waals surface area (Å²) < 4.78 is 19.5. The third-order valence-corrected chi connectivity index (χ3v) is 3.23. The fourth-order valence-electron chi connectivity index (χ4n) is 1.88. The zero-order valence-electron chi connectivity index (χ0n) is 10.2. The number of rotatable bonds is 4. The van der Waals surface area contributed by atoms with Crippen LogP contribution in [-0.4, -0.2) is 12.1 Å². The number of hydrazine groups is 1. The van der Waals surface area contributed by atoms with Gasteiger partial charge in [0.15, 0.2) is 0 Å². The van der Waals surface area contributed by atoms with E-state index in [1.54, 1.807) is 13.3 Å². The molecule has 1 aromatic carbocycles. The maximum atomic E-state index is 13.3. The van der Waals surface area contributed by atoms with Crippen LogP contribution in [0.15, 0.2) is 41.1 Å². The van der Waals surface area contributed by atoms with Crippen LogP contribution in [0.3, 0.4) is 0 Å². The van der Waals surface area contributed by atoms with Crippen molar-refractivity contribution in [1.29, 1.82) is 0 Å². The van der Waals surface area contributed by atoms with Gasteiger partial charge in [-0.1, -0.05) is 22.0 Å². The Labute approximate surface area is 118 Å². The number of nitrogens with zero attached hydrogens (tertiary/aromatic N) is 1. The lowest BCUT2D eigenvalue weighted by Gasteiger charge is -2.19. The summed E-state index contributed by atoms with van der Waals surface area (Å²) >= 11 is 3.37. The van der Waals surface area contributed by atoms with Crippen molar-refractivity contribution < 1.29 is 9.13 Å². The van der Waals surface area contributed by atoms with Gasteiger partial charge in [-0.3, -0.25) is 10.8 Å². The fourth-order valence-corrected chi connectivity index (χ4v) is 2.22. The van der Waals surface area contributed by atoms with Gasteiger partial charge in [-0.25, -0.2) is 9.82 Å². The van der Waals surface area contributed by atoms with E-state index >= 15 is 0 Å². The van der Waals surface area contributed by atoms with Crippen molar-refractivity contribution in [2.75, 3.05) is 7.11 Å². The van der Waals surface area contributed by atoms with E-state index in [0.717, 1.165) is 16.2 Å². The number of nitrogens with one attached hydrogen (secondary N) is 1. The molecule has 2 rings (SSSR count). The van der Waals surface area contributed by atoms with Gasteiger partial charge in [0.1, 0.15) is 11.6 Å². The van der Waals surface area contributed by atoms with Crippen LogP contribution in [0.25, 0.3) is 0 Å². The number of hydrogen-bond acceptors (Lipinski definition) is 4. The Bertz CT molecular complexity index is 580. The number of nitrogens with two attached hydrogens (primary N) is 1. The number of ether oxygens (including phenoxy) is 1. The van der Waals surface area contributed by atoms with Gasteiger partial charge in [0.25, 0.3) is 0 Å². The molecule has 1 unspecified atom stereocenters. The molecular formula is C13H13BrFN3O. The minimum atomic E-state index is -0.408. The van der Waals surface area contributed by atoms with E-state index in [1.165, 1.54) is 6.07 Å². The van der Waals surface area contributed by atoms with Gasteiger partial charge in [0, 0.05) is 16.2 Å². The summed E-state index contributed by atoms with van der Waals surface area (Å²) in [6.07, 6.45) is 2.71. The highest BCUT2D eigenvalue weighted by atomic mass is 79.9. The zero-order chi connectivity index (χ0) is 13.8. The van der Waals surface area contributed by atoms with E-state index < -0.39 is 11.9 Å². The first-order chi connectivity index (χ1) is 9.15. The van der Waals surface area contributed by atoms with Crippen LogP contribution in [-0.2, 0) is 0 Å². The van der Waals surface area contributed by atoms with Gasteiger partial charge in [0.05, 0.1) is 19.3 Å². The van der Waals surface area contributed by atoms with E-state index in [2.05, 4.69) is 26.3 Å². The van der Waals surface area contributed by atoms with Crippen LogP contribution >= 0.6 is 15.9 Å². The lowest BCUT2D eigenvalue weighted by Crippen LogP contribution is -2.29. The third-order valence-electron chi connectivity index (χ3n) is 2.73. The quantitative estimate of drug-likeness (QED) is 0.670. The molecule has 0 saturated carbocycles. The highest BCUT2D eigenvalue weighted by molar-refractivity contribution is 9.10. The smallest absolute Gasteiger partial charge is 0.141 e. The summed E-state index contributed by atoms with van der Waals surface area (Å²) in [5.41, 5.74) is 4.09. The summed E-state index contributed by atoms with van der Waals surface area (Å²) in [6.45, 7) is 0. The predicted octanol–water partition coefficient (Wildman–Crippen LogP) is 2.54. The van der Waals surface area contributed by atoms with E-state index in [4.69, 9.17) is 10.6 Å². The zero-order valence-corrected chi connectivity index (χ0v) is 11.8. The molecule has 0 amide bonds. The topological polar surface area (TPSA) is 60.2 Å².